The number of carboxylic acid groups (broad SMARTS) is 1. The molecule has 0 radical (unpaired) electrons. The molecule has 7 nitrogen and oxygen atoms in total. The van der Waals surface area contributed by atoms with Gasteiger partial charge in [-0.3, -0.25) is 9.36 Å². The minimum absolute atomic E-state index is 0.133. The third-order valence-electron chi connectivity index (χ3n) is 4.09. The molecule has 1 heterocycles. The topological polar surface area (TPSA) is 121 Å². The molecule has 0 saturated carbocycles. The van der Waals surface area contributed by atoms with Crippen molar-refractivity contribution < 1.29 is 23.4 Å². The first-order chi connectivity index (χ1) is 12.7. The number of ether oxygens (including phenoxy) is 1. The van der Waals surface area contributed by atoms with Gasteiger partial charge in [0.2, 0.25) is 0 Å². The van der Waals surface area contributed by atoms with Crippen molar-refractivity contribution in [1.82, 2.24) is 4.57 Å². The number of anilines is 2. The van der Waals surface area contributed by atoms with Crippen molar-refractivity contribution in [1.29, 1.82) is 0 Å². The molecule has 5 N–H and O–H groups in total. The van der Waals surface area contributed by atoms with Crippen LogP contribution in [0, 0.1) is 6.92 Å². The minimum atomic E-state index is -3.06. The van der Waals surface area contributed by atoms with E-state index in [0.717, 1.165) is 4.57 Å². The Kier molecular flexibility index (Phi) is 4.44. The molecule has 0 fully saturated rings. The summed E-state index contributed by atoms with van der Waals surface area (Å²) in [6.07, 6.45) is 0. The largest absolute Gasteiger partial charge is 0.477 e. The fraction of sp³-hybridized carbons (Fsp3) is 0.111. The van der Waals surface area contributed by atoms with Crippen LogP contribution in [0.25, 0.3) is 16.6 Å². The SMILES string of the molecule is Cc1cc(N)ccc1-n1c(=O)c(C(=O)O)c(N)c2ccc(OC(F)F)cc21. The highest BCUT2D eigenvalue weighted by atomic mass is 19.3. The molecule has 3 rings (SSSR count). The number of benzene rings is 2. The van der Waals surface area contributed by atoms with Gasteiger partial charge in [0.05, 0.1) is 16.9 Å². The van der Waals surface area contributed by atoms with Crippen LogP contribution in [-0.2, 0) is 0 Å². The van der Waals surface area contributed by atoms with E-state index in [4.69, 9.17) is 11.5 Å². The smallest absolute Gasteiger partial charge is 0.387 e. The first-order valence-corrected chi connectivity index (χ1v) is 7.73. The number of rotatable bonds is 4. The lowest BCUT2D eigenvalue weighted by Gasteiger charge is -2.17. The summed E-state index contributed by atoms with van der Waals surface area (Å²) in [6.45, 7) is -1.38. The van der Waals surface area contributed by atoms with Crippen LogP contribution in [0.2, 0.25) is 0 Å². The molecule has 0 spiro atoms. The molecule has 2 aromatic carbocycles. The van der Waals surface area contributed by atoms with E-state index in [2.05, 4.69) is 4.74 Å². The number of hydrogen-bond donors (Lipinski definition) is 3. The van der Waals surface area contributed by atoms with Gasteiger partial charge >= 0.3 is 12.6 Å². The van der Waals surface area contributed by atoms with Crippen LogP contribution >= 0.6 is 0 Å². The van der Waals surface area contributed by atoms with E-state index in [1.54, 1.807) is 13.0 Å². The Bertz CT molecular complexity index is 1130. The number of halogens is 2. The number of alkyl halides is 2. The number of fused-ring (bicyclic) bond motifs is 1. The summed E-state index contributed by atoms with van der Waals surface area (Å²) in [5.41, 5.74) is 11.4. The van der Waals surface area contributed by atoms with Crippen LogP contribution in [0.3, 0.4) is 0 Å². The second-order valence-electron chi connectivity index (χ2n) is 5.84. The van der Waals surface area contributed by atoms with Crippen LogP contribution in [0.5, 0.6) is 5.75 Å². The van der Waals surface area contributed by atoms with Crippen LogP contribution in [0.1, 0.15) is 15.9 Å². The summed E-state index contributed by atoms with van der Waals surface area (Å²) in [5.74, 6) is -1.68. The highest BCUT2D eigenvalue weighted by molar-refractivity contribution is 6.04. The van der Waals surface area contributed by atoms with E-state index in [-0.39, 0.29) is 22.3 Å². The Balaban J connectivity index is 2.47. The number of pyridine rings is 1. The number of aryl methyl sites for hydroxylation is 1. The Morgan fingerprint density at radius 2 is 1.89 bits per heavy atom. The molecule has 0 aliphatic carbocycles. The second-order valence-corrected chi connectivity index (χ2v) is 5.84. The van der Waals surface area contributed by atoms with E-state index in [1.807, 2.05) is 0 Å². The van der Waals surface area contributed by atoms with Crippen molar-refractivity contribution in [2.45, 2.75) is 13.5 Å². The third-order valence-corrected chi connectivity index (χ3v) is 4.09. The van der Waals surface area contributed by atoms with E-state index in [0.29, 0.717) is 16.9 Å². The predicted octanol–water partition coefficient (Wildman–Crippen LogP) is 2.76. The van der Waals surface area contributed by atoms with Gasteiger partial charge in [-0.25, -0.2) is 4.79 Å². The van der Waals surface area contributed by atoms with Gasteiger partial charge in [-0.1, -0.05) is 0 Å². The molecule has 3 aromatic rings. The number of nitrogen functional groups attached to an aromatic ring is 2. The van der Waals surface area contributed by atoms with Gasteiger partial charge < -0.3 is 21.3 Å². The zero-order valence-electron chi connectivity index (χ0n) is 14.1. The summed E-state index contributed by atoms with van der Waals surface area (Å²) < 4.78 is 30.6. The maximum atomic E-state index is 12.9. The molecule has 0 amide bonds. The molecule has 27 heavy (non-hydrogen) atoms. The summed E-state index contributed by atoms with van der Waals surface area (Å²) in [7, 11) is 0. The Labute approximate surface area is 151 Å². The zero-order chi connectivity index (χ0) is 19.9. The van der Waals surface area contributed by atoms with Gasteiger partial charge in [-0.05, 0) is 42.8 Å². The van der Waals surface area contributed by atoms with Crippen LogP contribution in [0.4, 0.5) is 20.2 Å². The Morgan fingerprint density at radius 3 is 2.48 bits per heavy atom. The van der Waals surface area contributed by atoms with Gasteiger partial charge in [0.1, 0.15) is 11.3 Å². The van der Waals surface area contributed by atoms with Crippen molar-refractivity contribution in [2.24, 2.45) is 0 Å². The first-order valence-electron chi connectivity index (χ1n) is 7.73. The lowest BCUT2D eigenvalue weighted by Crippen LogP contribution is -2.28. The van der Waals surface area contributed by atoms with Gasteiger partial charge in [0, 0.05) is 17.1 Å². The number of carboxylic acids is 1. The molecule has 0 saturated heterocycles. The Morgan fingerprint density at radius 1 is 1.19 bits per heavy atom. The first kappa shape index (κ1) is 18.2. The number of hydrogen-bond acceptors (Lipinski definition) is 5. The normalized spacial score (nSPS) is 11.1. The molecule has 0 aliphatic rings. The molecule has 0 bridgehead atoms. The van der Waals surface area contributed by atoms with Crippen molar-refractivity contribution in [3.05, 3.63) is 57.9 Å². The fourth-order valence-corrected chi connectivity index (χ4v) is 2.95. The number of carbonyl (C=O) groups is 1. The summed E-state index contributed by atoms with van der Waals surface area (Å²) in [4.78, 5) is 24.5. The quantitative estimate of drug-likeness (QED) is 0.603. The summed E-state index contributed by atoms with van der Waals surface area (Å²) >= 11 is 0. The van der Waals surface area contributed by atoms with Crippen LogP contribution in [0.15, 0.2) is 41.2 Å². The second kappa shape index (κ2) is 6.60. The van der Waals surface area contributed by atoms with E-state index < -0.39 is 23.7 Å². The predicted molar refractivity (Wildman–Crippen MR) is 96.7 cm³/mol. The zero-order valence-corrected chi connectivity index (χ0v) is 14.1. The van der Waals surface area contributed by atoms with Gasteiger partial charge in [0.15, 0.2) is 0 Å². The molecule has 1 aromatic heterocycles. The lowest BCUT2D eigenvalue weighted by atomic mass is 10.1. The molecule has 0 atom stereocenters. The third kappa shape index (κ3) is 3.14. The molecule has 0 unspecified atom stereocenters. The van der Waals surface area contributed by atoms with Crippen LogP contribution < -0.4 is 21.8 Å². The molecule has 140 valence electrons. The van der Waals surface area contributed by atoms with Crippen LogP contribution in [-0.4, -0.2) is 22.3 Å². The lowest BCUT2D eigenvalue weighted by molar-refractivity contribution is -0.0497. The highest BCUT2D eigenvalue weighted by Crippen LogP contribution is 2.30. The average Bonchev–Trinajstić information content (AvgIpc) is 2.55. The van der Waals surface area contributed by atoms with Gasteiger partial charge in [-0.15, -0.1) is 0 Å². The average molecular weight is 375 g/mol. The maximum absolute atomic E-state index is 12.9. The standard InChI is InChI=1S/C18H15F2N3O4/c1-8-6-9(21)2-5-12(8)23-13-7-10(27-18(19)20)3-4-11(13)15(22)14(16(23)24)17(25)26/h2-7,18H,21-22H2,1H3,(H,25,26). The van der Waals surface area contributed by atoms with Crippen molar-refractivity contribution in [3.63, 3.8) is 0 Å². The van der Waals surface area contributed by atoms with E-state index in [9.17, 15) is 23.5 Å². The van der Waals surface area contributed by atoms with Crippen molar-refractivity contribution in [2.75, 3.05) is 11.5 Å². The molecular formula is C18H15F2N3O4. The molecular weight excluding hydrogens is 360 g/mol. The molecule has 9 heteroatoms. The maximum Gasteiger partial charge on any atom is 0.387 e. The Hall–Kier alpha value is -3.62. The van der Waals surface area contributed by atoms with Crippen molar-refractivity contribution >= 4 is 28.2 Å². The number of aromatic nitrogens is 1. The van der Waals surface area contributed by atoms with E-state index in [1.165, 1.54) is 30.3 Å². The van der Waals surface area contributed by atoms with Crippen molar-refractivity contribution in [3.8, 4) is 11.4 Å². The fourth-order valence-electron chi connectivity index (χ4n) is 2.95. The van der Waals surface area contributed by atoms with E-state index >= 15 is 0 Å². The highest BCUT2D eigenvalue weighted by Gasteiger charge is 2.22. The number of nitrogens with zero attached hydrogens (tertiary/aromatic N) is 1. The number of nitrogens with two attached hydrogens (primary N) is 2. The number of aromatic carboxylic acids is 1. The monoisotopic (exact) mass is 375 g/mol. The van der Waals surface area contributed by atoms with Gasteiger partial charge in [-0.2, -0.15) is 8.78 Å². The minimum Gasteiger partial charge on any atom is -0.477 e. The summed E-state index contributed by atoms with van der Waals surface area (Å²) in [6, 6.07) is 8.44. The summed E-state index contributed by atoms with van der Waals surface area (Å²) in [5, 5.41) is 9.64. The molecule has 0 aliphatic heterocycles. The van der Waals surface area contributed by atoms with Gasteiger partial charge in [0.25, 0.3) is 5.56 Å².